The summed E-state index contributed by atoms with van der Waals surface area (Å²) < 4.78 is 0. The second-order valence-corrected chi connectivity index (χ2v) is 4.14. The second kappa shape index (κ2) is 4.74. The van der Waals surface area contributed by atoms with Gasteiger partial charge in [0.05, 0.1) is 0 Å². The van der Waals surface area contributed by atoms with Gasteiger partial charge in [-0.15, -0.1) is 0 Å². The third-order valence-electron chi connectivity index (χ3n) is 2.99. The molecule has 1 saturated carbocycles. The highest BCUT2D eigenvalue weighted by Crippen LogP contribution is 2.40. The van der Waals surface area contributed by atoms with Crippen molar-refractivity contribution in [3.63, 3.8) is 0 Å². The summed E-state index contributed by atoms with van der Waals surface area (Å²) in [7, 11) is 0. The van der Waals surface area contributed by atoms with Crippen molar-refractivity contribution >= 4 is 0 Å². The van der Waals surface area contributed by atoms with E-state index in [-0.39, 0.29) is 5.41 Å². The molecule has 1 aliphatic rings. The summed E-state index contributed by atoms with van der Waals surface area (Å²) in [5.41, 5.74) is 9.31. The van der Waals surface area contributed by atoms with Gasteiger partial charge >= 0.3 is 0 Å². The van der Waals surface area contributed by atoms with Crippen LogP contribution < -0.4 is 0 Å². The molecule has 2 rings (SSSR count). The van der Waals surface area contributed by atoms with Crippen LogP contribution in [0.25, 0.3) is 10.4 Å². The van der Waals surface area contributed by atoms with Gasteiger partial charge < -0.3 is 0 Å². The Morgan fingerprint density at radius 3 is 2.62 bits per heavy atom. The predicted molar refractivity (Wildman–Crippen MR) is 63.6 cm³/mol. The van der Waals surface area contributed by atoms with E-state index in [1.807, 2.05) is 30.3 Å². The Hall–Kier alpha value is -1.91. The Bertz CT molecular complexity index is 457. The van der Waals surface area contributed by atoms with Crippen molar-refractivity contribution in [3.05, 3.63) is 46.3 Å². The molecule has 0 saturated heterocycles. The normalized spacial score (nSPS) is 16.2. The number of nitrogens with zero attached hydrogens (tertiary/aromatic N) is 3. The minimum atomic E-state index is -0.0535. The first-order valence-corrected chi connectivity index (χ1v) is 5.44. The van der Waals surface area contributed by atoms with E-state index in [1.165, 1.54) is 6.42 Å². The van der Waals surface area contributed by atoms with Crippen LogP contribution in [0.4, 0.5) is 0 Å². The average Bonchev–Trinajstić information content (AvgIpc) is 2.29. The lowest BCUT2D eigenvalue weighted by Gasteiger charge is -2.35. The molecule has 0 spiro atoms. The van der Waals surface area contributed by atoms with Gasteiger partial charge in [-0.05, 0) is 30.5 Å². The topological polar surface area (TPSA) is 48.8 Å². The van der Waals surface area contributed by atoms with Crippen LogP contribution in [-0.2, 0) is 0 Å². The molecule has 0 unspecified atom stereocenters. The molecule has 1 aromatic rings. The third-order valence-corrected chi connectivity index (χ3v) is 2.99. The zero-order chi connectivity index (χ0) is 11.3. The van der Waals surface area contributed by atoms with Crippen molar-refractivity contribution in [2.45, 2.75) is 19.3 Å². The summed E-state index contributed by atoms with van der Waals surface area (Å²) in [6, 6.07) is 9.92. The summed E-state index contributed by atoms with van der Waals surface area (Å²) in [5, 5.41) is 3.66. The zero-order valence-corrected chi connectivity index (χ0v) is 9.06. The largest absolute Gasteiger partial charge is 0.0924 e. The van der Waals surface area contributed by atoms with E-state index in [0.717, 1.165) is 18.4 Å². The van der Waals surface area contributed by atoms with Gasteiger partial charge in [0.25, 0.3) is 0 Å². The zero-order valence-electron chi connectivity index (χ0n) is 9.06. The molecular weight excluding hydrogens is 198 g/mol. The van der Waals surface area contributed by atoms with Gasteiger partial charge in [0, 0.05) is 22.4 Å². The molecule has 0 bridgehead atoms. The average molecular weight is 211 g/mol. The number of benzene rings is 1. The molecule has 0 aromatic heterocycles. The molecule has 0 amide bonds. The SMILES string of the molecule is [N-]=[N+]=NCC1(C#Cc2ccccc2)CCC1. The van der Waals surface area contributed by atoms with Crippen molar-refractivity contribution in [1.82, 2.24) is 0 Å². The lowest BCUT2D eigenvalue weighted by atomic mass is 9.69. The quantitative estimate of drug-likeness (QED) is 0.311. The van der Waals surface area contributed by atoms with Crippen LogP contribution >= 0.6 is 0 Å². The second-order valence-electron chi connectivity index (χ2n) is 4.14. The minimum absolute atomic E-state index is 0.0535. The van der Waals surface area contributed by atoms with Gasteiger partial charge in [-0.1, -0.05) is 41.6 Å². The molecule has 1 aliphatic carbocycles. The van der Waals surface area contributed by atoms with Gasteiger partial charge in [0.15, 0.2) is 0 Å². The van der Waals surface area contributed by atoms with E-state index >= 15 is 0 Å². The van der Waals surface area contributed by atoms with Crippen LogP contribution in [0.3, 0.4) is 0 Å². The molecule has 16 heavy (non-hydrogen) atoms. The molecule has 0 radical (unpaired) electrons. The van der Waals surface area contributed by atoms with E-state index in [1.54, 1.807) is 0 Å². The minimum Gasteiger partial charge on any atom is -0.0924 e. The number of hydrogen-bond donors (Lipinski definition) is 0. The Morgan fingerprint density at radius 2 is 2.06 bits per heavy atom. The van der Waals surface area contributed by atoms with Gasteiger partial charge in [0.1, 0.15) is 0 Å². The highest BCUT2D eigenvalue weighted by atomic mass is 15.1. The smallest absolute Gasteiger partial charge is 0.0424 e. The fourth-order valence-electron chi connectivity index (χ4n) is 1.82. The lowest BCUT2D eigenvalue weighted by molar-refractivity contribution is 0.229. The Kier molecular flexibility index (Phi) is 3.14. The maximum Gasteiger partial charge on any atom is 0.0424 e. The standard InChI is InChI=1S/C13H13N3/c14-16-15-11-13(8-4-9-13)10-7-12-5-2-1-3-6-12/h1-3,5-6H,4,8-9,11H2. The summed E-state index contributed by atoms with van der Waals surface area (Å²) in [5.74, 6) is 6.43. The summed E-state index contributed by atoms with van der Waals surface area (Å²) in [6.07, 6.45) is 3.28. The molecule has 0 heterocycles. The van der Waals surface area contributed by atoms with Gasteiger partial charge in [0.2, 0.25) is 0 Å². The maximum absolute atomic E-state index is 8.34. The van der Waals surface area contributed by atoms with Crippen molar-refractivity contribution in [1.29, 1.82) is 0 Å². The molecule has 1 aromatic carbocycles. The van der Waals surface area contributed by atoms with E-state index in [4.69, 9.17) is 5.53 Å². The van der Waals surface area contributed by atoms with Crippen molar-refractivity contribution in [2.75, 3.05) is 6.54 Å². The van der Waals surface area contributed by atoms with E-state index in [2.05, 4.69) is 21.9 Å². The van der Waals surface area contributed by atoms with Crippen molar-refractivity contribution in [2.24, 2.45) is 10.5 Å². The molecule has 0 aliphatic heterocycles. The molecule has 0 atom stereocenters. The first-order valence-electron chi connectivity index (χ1n) is 5.44. The van der Waals surface area contributed by atoms with Crippen LogP contribution in [0.15, 0.2) is 35.4 Å². The molecule has 80 valence electrons. The third kappa shape index (κ3) is 2.36. The van der Waals surface area contributed by atoms with Crippen molar-refractivity contribution in [3.8, 4) is 11.8 Å². The first-order chi connectivity index (χ1) is 7.85. The number of rotatable bonds is 2. The molecule has 3 nitrogen and oxygen atoms in total. The molecule has 3 heteroatoms. The Morgan fingerprint density at radius 1 is 1.31 bits per heavy atom. The Balaban J connectivity index is 2.13. The fraction of sp³-hybridized carbons (Fsp3) is 0.385. The van der Waals surface area contributed by atoms with E-state index in [0.29, 0.717) is 6.54 Å². The maximum atomic E-state index is 8.34. The van der Waals surface area contributed by atoms with E-state index in [9.17, 15) is 0 Å². The summed E-state index contributed by atoms with van der Waals surface area (Å²) in [4.78, 5) is 2.81. The summed E-state index contributed by atoms with van der Waals surface area (Å²) in [6.45, 7) is 0.503. The lowest BCUT2D eigenvalue weighted by Crippen LogP contribution is -2.30. The monoisotopic (exact) mass is 211 g/mol. The highest BCUT2D eigenvalue weighted by molar-refractivity contribution is 5.36. The highest BCUT2D eigenvalue weighted by Gasteiger charge is 2.34. The summed E-state index contributed by atoms with van der Waals surface area (Å²) >= 11 is 0. The predicted octanol–water partition coefficient (Wildman–Crippen LogP) is 3.52. The van der Waals surface area contributed by atoms with Gasteiger partial charge in [-0.3, -0.25) is 0 Å². The number of hydrogen-bond acceptors (Lipinski definition) is 1. The molecule has 0 N–H and O–H groups in total. The van der Waals surface area contributed by atoms with Crippen LogP contribution in [-0.4, -0.2) is 6.54 Å². The fourth-order valence-corrected chi connectivity index (χ4v) is 1.82. The van der Waals surface area contributed by atoms with Crippen LogP contribution in [0, 0.1) is 17.3 Å². The van der Waals surface area contributed by atoms with Crippen molar-refractivity contribution < 1.29 is 0 Å². The van der Waals surface area contributed by atoms with Gasteiger partial charge in [-0.2, -0.15) is 0 Å². The van der Waals surface area contributed by atoms with Crippen LogP contribution in [0.5, 0.6) is 0 Å². The van der Waals surface area contributed by atoms with Gasteiger partial charge in [-0.25, -0.2) is 0 Å². The van der Waals surface area contributed by atoms with Crippen LogP contribution in [0.2, 0.25) is 0 Å². The first kappa shape index (κ1) is 10.6. The van der Waals surface area contributed by atoms with E-state index < -0.39 is 0 Å². The molecule has 1 fully saturated rings. The molecular formula is C13H13N3. The Labute approximate surface area is 95.1 Å². The number of azide groups is 1. The van der Waals surface area contributed by atoms with Crippen LogP contribution in [0.1, 0.15) is 24.8 Å².